The highest BCUT2D eigenvalue weighted by Crippen LogP contribution is 2.26. The summed E-state index contributed by atoms with van der Waals surface area (Å²) in [5.41, 5.74) is 1.44. The number of rotatable bonds is 7. The van der Waals surface area contributed by atoms with Crippen LogP contribution in [0.3, 0.4) is 0 Å². The van der Waals surface area contributed by atoms with Crippen LogP contribution in [0.15, 0.2) is 39.8 Å². The number of hydrogen-bond acceptors (Lipinski definition) is 5. The Morgan fingerprint density at radius 1 is 1.39 bits per heavy atom. The average molecular weight is 334 g/mol. The maximum Gasteiger partial charge on any atom is 0.252 e. The Balaban J connectivity index is 2.00. The zero-order chi connectivity index (χ0) is 16.8. The molecule has 0 saturated heterocycles. The molecule has 1 atom stereocenters. The third-order valence-corrected chi connectivity index (χ3v) is 4.52. The van der Waals surface area contributed by atoms with Crippen LogP contribution >= 0.6 is 11.8 Å². The van der Waals surface area contributed by atoms with E-state index in [4.69, 9.17) is 4.52 Å². The van der Waals surface area contributed by atoms with Crippen LogP contribution in [0.25, 0.3) is 0 Å². The highest BCUT2D eigenvalue weighted by atomic mass is 32.2. The van der Waals surface area contributed by atoms with Crippen LogP contribution in [0.1, 0.15) is 35.7 Å². The number of benzene rings is 1. The second-order valence-electron chi connectivity index (χ2n) is 5.74. The Bertz CT molecular complexity index is 655. The zero-order valence-corrected chi connectivity index (χ0v) is 14.4. The first kappa shape index (κ1) is 17.6. The van der Waals surface area contributed by atoms with E-state index in [-0.39, 0.29) is 18.4 Å². The summed E-state index contributed by atoms with van der Waals surface area (Å²) in [6, 6.07) is 9.30. The van der Waals surface area contributed by atoms with E-state index in [0.717, 1.165) is 16.3 Å². The molecule has 0 aliphatic carbocycles. The minimum atomic E-state index is -0.545. The Morgan fingerprint density at radius 3 is 2.78 bits per heavy atom. The quantitative estimate of drug-likeness (QED) is 0.761. The van der Waals surface area contributed by atoms with Crippen molar-refractivity contribution in [2.45, 2.75) is 37.5 Å². The SMILES string of the molecule is Cc1cc(CSc2ccccc2C(=O)NCC(O)C(C)C)on1. The molecule has 6 heteroatoms. The molecule has 1 unspecified atom stereocenters. The molecule has 1 aromatic carbocycles. The third-order valence-electron chi connectivity index (χ3n) is 3.42. The molecule has 2 N–H and O–H groups in total. The molecule has 0 spiro atoms. The predicted octanol–water partition coefficient (Wildman–Crippen LogP) is 3.02. The van der Waals surface area contributed by atoms with Crippen molar-refractivity contribution in [1.29, 1.82) is 0 Å². The molecular formula is C17H22N2O3S. The summed E-state index contributed by atoms with van der Waals surface area (Å²) in [6.45, 7) is 5.95. The van der Waals surface area contributed by atoms with Gasteiger partial charge < -0.3 is 14.9 Å². The molecule has 124 valence electrons. The van der Waals surface area contributed by atoms with Gasteiger partial charge >= 0.3 is 0 Å². The summed E-state index contributed by atoms with van der Waals surface area (Å²) in [6.07, 6.45) is -0.545. The minimum absolute atomic E-state index is 0.106. The van der Waals surface area contributed by atoms with Gasteiger partial charge in [-0.25, -0.2) is 0 Å². The van der Waals surface area contributed by atoms with Gasteiger partial charge in [0.05, 0.1) is 23.1 Å². The second kappa shape index (κ2) is 8.17. The summed E-state index contributed by atoms with van der Waals surface area (Å²) < 4.78 is 5.19. The van der Waals surface area contributed by atoms with Crippen LogP contribution in [0.2, 0.25) is 0 Å². The van der Waals surface area contributed by atoms with Crippen molar-refractivity contribution >= 4 is 17.7 Å². The van der Waals surface area contributed by atoms with E-state index in [0.29, 0.717) is 11.3 Å². The van der Waals surface area contributed by atoms with Gasteiger partial charge in [0.1, 0.15) is 5.76 Å². The number of carbonyl (C=O) groups is 1. The number of aliphatic hydroxyl groups is 1. The van der Waals surface area contributed by atoms with E-state index in [1.807, 2.05) is 45.0 Å². The molecular weight excluding hydrogens is 312 g/mol. The van der Waals surface area contributed by atoms with Gasteiger partial charge in [0, 0.05) is 17.5 Å². The van der Waals surface area contributed by atoms with Crippen molar-refractivity contribution in [1.82, 2.24) is 10.5 Å². The van der Waals surface area contributed by atoms with Gasteiger partial charge in [0.15, 0.2) is 0 Å². The van der Waals surface area contributed by atoms with E-state index in [2.05, 4.69) is 10.5 Å². The van der Waals surface area contributed by atoms with Gasteiger partial charge in [-0.05, 0) is 25.0 Å². The Labute approximate surface area is 140 Å². The highest BCUT2D eigenvalue weighted by molar-refractivity contribution is 7.98. The molecule has 5 nitrogen and oxygen atoms in total. The number of aromatic nitrogens is 1. The van der Waals surface area contributed by atoms with Crippen molar-refractivity contribution < 1.29 is 14.4 Å². The molecule has 23 heavy (non-hydrogen) atoms. The zero-order valence-electron chi connectivity index (χ0n) is 13.6. The molecule has 0 aliphatic rings. The van der Waals surface area contributed by atoms with Crippen molar-refractivity contribution in [2.75, 3.05) is 6.54 Å². The first-order chi connectivity index (χ1) is 11.0. The molecule has 0 aliphatic heterocycles. The number of carbonyl (C=O) groups excluding carboxylic acids is 1. The van der Waals surface area contributed by atoms with Gasteiger partial charge in [-0.3, -0.25) is 4.79 Å². The normalized spacial score (nSPS) is 12.4. The van der Waals surface area contributed by atoms with E-state index < -0.39 is 6.10 Å². The van der Waals surface area contributed by atoms with Crippen LogP contribution in [0, 0.1) is 12.8 Å². The van der Waals surface area contributed by atoms with Gasteiger partial charge in [-0.15, -0.1) is 11.8 Å². The molecule has 1 heterocycles. The van der Waals surface area contributed by atoms with Crippen LogP contribution in [0.4, 0.5) is 0 Å². The fourth-order valence-corrected chi connectivity index (χ4v) is 2.87. The second-order valence-corrected chi connectivity index (χ2v) is 6.76. The third kappa shape index (κ3) is 5.11. The predicted molar refractivity (Wildman–Crippen MR) is 90.4 cm³/mol. The lowest BCUT2D eigenvalue weighted by Gasteiger charge is -2.16. The molecule has 0 bridgehead atoms. The van der Waals surface area contributed by atoms with Crippen LogP contribution < -0.4 is 5.32 Å². The van der Waals surface area contributed by atoms with Gasteiger partial charge in [0.25, 0.3) is 5.91 Å². The summed E-state index contributed by atoms with van der Waals surface area (Å²) >= 11 is 1.53. The molecule has 0 saturated carbocycles. The number of nitrogens with zero attached hydrogens (tertiary/aromatic N) is 1. The summed E-state index contributed by atoms with van der Waals surface area (Å²) in [5, 5.41) is 16.4. The Morgan fingerprint density at radius 2 is 2.13 bits per heavy atom. The number of amides is 1. The minimum Gasteiger partial charge on any atom is -0.391 e. The fraction of sp³-hybridized carbons (Fsp3) is 0.412. The molecule has 2 aromatic rings. The summed E-state index contributed by atoms with van der Waals surface area (Å²) in [7, 11) is 0. The lowest BCUT2D eigenvalue weighted by Crippen LogP contribution is -2.34. The maximum absolute atomic E-state index is 12.3. The van der Waals surface area contributed by atoms with E-state index >= 15 is 0 Å². The number of aryl methyl sites for hydroxylation is 1. The van der Waals surface area contributed by atoms with Gasteiger partial charge in [-0.2, -0.15) is 0 Å². The number of nitrogens with one attached hydrogen (secondary N) is 1. The molecule has 2 rings (SSSR count). The number of thioether (sulfide) groups is 1. The molecule has 1 aromatic heterocycles. The molecule has 1 amide bonds. The van der Waals surface area contributed by atoms with Gasteiger partial charge in [0.2, 0.25) is 0 Å². The van der Waals surface area contributed by atoms with Crippen molar-refractivity contribution in [3.63, 3.8) is 0 Å². The smallest absolute Gasteiger partial charge is 0.252 e. The Hall–Kier alpha value is -1.79. The number of hydrogen-bond donors (Lipinski definition) is 2. The lowest BCUT2D eigenvalue weighted by molar-refractivity contribution is 0.0869. The first-order valence-electron chi connectivity index (χ1n) is 7.57. The molecule has 0 radical (unpaired) electrons. The van der Waals surface area contributed by atoms with E-state index in [1.54, 1.807) is 6.07 Å². The topological polar surface area (TPSA) is 75.4 Å². The maximum atomic E-state index is 12.3. The first-order valence-corrected chi connectivity index (χ1v) is 8.56. The summed E-state index contributed by atoms with van der Waals surface area (Å²) in [4.78, 5) is 13.2. The van der Waals surface area contributed by atoms with Crippen molar-refractivity contribution in [3.8, 4) is 0 Å². The summed E-state index contributed by atoms with van der Waals surface area (Å²) in [5.74, 6) is 1.31. The van der Waals surface area contributed by atoms with E-state index in [1.165, 1.54) is 11.8 Å². The van der Waals surface area contributed by atoms with Crippen molar-refractivity contribution in [2.24, 2.45) is 5.92 Å². The van der Waals surface area contributed by atoms with Crippen LogP contribution in [0.5, 0.6) is 0 Å². The number of aliphatic hydroxyl groups excluding tert-OH is 1. The van der Waals surface area contributed by atoms with Crippen LogP contribution in [-0.4, -0.2) is 28.8 Å². The lowest BCUT2D eigenvalue weighted by atomic mass is 10.1. The van der Waals surface area contributed by atoms with Crippen molar-refractivity contribution in [3.05, 3.63) is 47.3 Å². The Kier molecular flexibility index (Phi) is 6.24. The van der Waals surface area contributed by atoms with E-state index in [9.17, 15) is 9.90 Å². The standard InChI is InChI=1S/C17H22N2O3S/c1-11(2)15(20)9-18-17(21)14-6-4-5-7-16(14)23-10-13-8-12(3)19-22-13/h4-8,11,15,20H,9-10H2,1-3H3,(H,18,21). The monoisotopic (exact) mass is 334 g/mol. The fourth-order valence-electron chi connectivity index (χ4n) is 1.94. The van der Waals surface area contributed by atoms with Crippen LogP contribution in [-0.2, 0) is 5.75 Å². The molecule has 0 fully saturated rings. The highest BCUT2D eigenvalue weighted by Gasteiger charge is 2.15. The van der Waals surface area contributed by atoms with Gasteiger partial charge in [-0.1, -0.05) is 31.1 Å². The average Bonchev–Trinajstić information content (AvgIpc) is 2.96. The largest absolute Gasteiger partial charge is 0.391 e.